The molecule has 0 saturated heterocycles. The Kier molecular flexibility index (Phi) is 6.84. The first-order valence-corrected chi connectivity index (χ1v) is 11.3. The highest BCUT2D eigenvalue weighted by Gasteiger charge is 2.37. The molecule has 1 unspecified atom stereocenters. The number of anilines is 2. The highest BCUT2D eigenvalue weighted by atomic mass is 16.5. The molecule has 1 N–H and O–H groups in total. The number of carbonyl (C=O) groups is 1. The van der Waals surface area contributed by atoms with E-state index in [4.69, 9.17) is 14.2 Å². The molecule has 1 aliphatic rings. The largest absolute Gasteiger partial charge is 0.492 e. The van der Waals surface area contributed by atoms with E-state index in [2.05, 4.69) is 4.90 Å². The van der Waals surface area contributed by atoms with Crippen LogP contribution in [0.4, 0.5) is 11.4 Å². The van der Waals surface area contributed by atoms with Crippen molar-refractivity contribution in [2.75, 3.05) is 24.7 Å². The van der Waals surface area contributed by atoms with Crippen LogP contribution in [-0.2, 0) is 16.0 Å². The van der Waals surface area contributed by atoms with E-state index >= 15 is 0 Å². The molecule has 0 aliphatic carbocycles. The summed E-state index contributed by atoms with van der Waals surface area (Å²) in [6, 6.07) is 23.5. The van der Waals surface area contributed by atoms with Crippen LogP contribution in [0.3, 0.4) is 0 Å². The Balaban J connectivity index is 1.42. The molecule has 1 heterocycles. The smallest absolute Gasteiger partial charge is 0.336 e. The summed E-state index contributed by atoms with van der Waals surface area (Å²) in [4.78, 5) is 14.0. The highest BCUT2D eigenvalue weighted by molar-refractivity contribution is 5.78. The molecule has 0 fully saturated rings. The van der Waals surface area contributed by atoms with Gasteiger partial charge in [0.15, 0.2) is 17.1 Å². The van der Waals surface area contributed by atoms with Crippen LogP contribution in [-0.4, -0.2) is 36.4 Å². The topological polar surface area (TPSA) is 68.2 Å². The maximum Gasteiger partial charge on any atom is 0.336 e. The van der Waals surface area contributed by atoms with Gasteiger partial charge in [0.25, 0.3) is 0 Å². The number of carboxylic acids is 1. The molecule has 4 rings (SSSR count). The fourth-order valence-corrected chi connectivity index (χ4v) is 4.15. The van der Waals surface area contributed by atoms with Crippen molar-refractivity contribution in [2.24, 2.45) is 0 Å². The number of hydrogen-bond acceptors (Lipinski definition) is 5. The van der Waals surface area contributed by atoms with Gasteiger partial charge in [0.05, 0.1) is 17.9 Å². The molecule has 3 aromatic carbocycles. The fourth-order valence-electron chi connectivity index (χ4n) is 4.15. The molecule has 0 spiro atoms. The summed E-state index contributed by atoms with van der Waals surface area (Å²) in [6.07, 6.45) is 0.714. The van der Waals surface area contributed by atoms with Gasteiger partial charge in [0.2, 0.25) is 0 Å². The number of nitrogens with zero attached hydrogens (tertiary/aromatic N) is 1. The molecule has 172 valence electrons. The minimum Gasteiger partial charge on any atom is -0.492 e. The Morgan fingerprint density at radius 3 is 2.09 bits per heavy atom. The number of rotatable bonds is 10. The van der Waals surface area contributed by atoms with Crippen LogP contribution in [0.15, 0.2) is 72.8 Å². The van der Waals surface area contributed by atoms with Gasteiger partial charge in [-0.25, -0.2) is 4.79 Å². The standard InChI is InChI=1S/C27H29NO5/c1-3-27(26(29)30,32-4-2)19-20-13-15-21(16-14-20)31-18-17-28-22-9-5-7-11-24(22)33-25-12-8-6-10-23(25)28/h5-16H,3-4,17-19H2,1-2H3,(H,29,30). The van der Waals surface area contributed by atoms with E-state index in [1.54, 1.807) is 0 Å². The predicted octanol–water partition coefficient (Wildman–Crippen LogP) is 5.82. The summed E-state index contributed by atoms with van der Waals surface area (Å²) in [5.41, 5.74) is 1.72. The average molecular weight is 448 g/mol. The second-order valence-electron chi connectivity index (χ2n) is 7.94. The van der Waals surface area contributed by atoms with Crippen LogP contribution in [0.25, 0.3) is 0 Å². The lowest BCUT2D eigenvalue weighted by Crippen LogP contribution is -2.43. The van der Waals surface area contributed by atoms with Crippen LogP contribution in [0.5, 0.6) is 17.2 Å². The van der Waals surface area contributed by atoms with Crippen LogP contribution < -0.4 is 14.4 Å². The molecular formula is C27H29NO5. The van der Waals surface area contributed by atoms with Gasteiger partial charge in [-0.15, -0.1) is 0 Å². The normalized spacial score (nSPS) is 13.9. The van der Waals surface area contributed by atoms with Gasteiger partial charge >= 0.3 is 5.97 Å². The minimum absolute atomic E-state index is 0.314. The Hall–Kier alpha value is -3.51. The zero-order valence-corrected chi connectivity index (χ0v) is 19.0. The molecule has 0 bridgehead atoms. The first-order valence-electron chi connectivity index (χ1n) is 11.3. The third-order valence-electron chi connectivity index (χ3n) is 5.91. The molecule has 0 radical (unpaired) electrons. The number of para-hydroxylation sites is 4. The van der Waals surface area contributed by atoms with Crippen molar-refractivity contribution in [3.63, 3.8) is 0 Å². The maximum absolute atomic E-state index is 11.8. The summed E-state index contributed by atoms with van der Waals surface area (Å²) in [5, 5.41) is 9.69. The van der Waals surface area contributed by atoms with Gasteiger partial charge in [-0.2, -0.15) is 0 Å². The van der Waals surface area contributed by atoms with Gasteiger partial charge in [0.1, 0.15) is 12.4 Å². The molecular weight excluding hydrogens is 418 g/mol. The van der Waals surface area contributed by atoms with E-state index in [0.717, 1.165) is 34.2 Å². The van der Waals surface area contributed by atoms with Crippen LogP contribution in [0, 0.1) is 0 Å². The van der Waals surface area contributed by atoms with Crippen molar-refractivity contribution < 1.29 is 24.1 Å². The molecule has 6 nitrogen and oxygen atoms in total. The number of aliphatic carboxylic acids is 1. The third kappa shape index (κ3) is 4.81. The van der Waals surface area contributed by atoms with E-state index in [9.17, 15) is 9.90 Å². The van der Waals surface area contributed by atoms with E-state index in [1.165, 1.54) is 0 Å². The number of benzene rings is 3. The monoisotopic (exact) mass is 447 g/mol. The van der Waals surface area contributed by atoms with Crippen molar-refractivity contribution in [2.45, 2.75) is 32.3 Å². The summed E-state index contributed by atoms with van der Waals surface area (Å²) in [6.45, 7) is 5.14. The summed E-state index contributed by atoms with van der Waals surface area (Å²) < 4.78 is 17.7. The zero-order valence-electron chi connectivity index (χ0n) is 19.0. The van der Waals surface area contributed by atoms with E-state index < -0.39 is 11.6 Å². The first-order chi connectivity index (χ1) is 16.1. The first kappa shape index (κ1) is 22.7. The lowest BCUT2D eigenvalue weighted by Gasteiger charge is -2.32. The second kappa shape index (κ2) is 9.96. The number of hydrogen-bond donors (Lipinski definition) is 1. The molecule has 1 aliphatic heterocycles. The lowest BCUT2D eigenvalue weighted by molar-refractivity contribution is -0.166. The summed E-state index contributed by atoms with van der Waals surface area (Å²) in [7, 11) is 0. The van der Waals surface area contributed by atoms with Crippen LogP contribution >= 0.6 is 0 Å². The van der Waals surface area contributed by atoms with Gasteiger partial charge in [-0.05, 0) is 55.3 Å². The van der Waals surface area contributed by atoms with Crippen molar-refractivity contribution in [1.29, 1.82) is 0 Å². The Morgan fingerprint density at radius 1 is 0.939 bits per heavy atom. The SMILES string of the molecule is CCOC(CC)(Cc1ccc(OCCN2c3ccccc3Oc3ccccc32)cc1)C(=O)O. The third-order valence-corrected chi connectivity index (χ3v) is 5.91. The minimum atomic E-state index is -1.20. The van der Waals surface area contributed by atoms with Gasteiger partial charge in [-0.3, -0.25) is 0 Å². The van der Waals surface area contributed by atoms with Gasteiger partial charge in [0, 0.05) is 13.0 Å². The summed E-state index contributed by atoms with van der Waals surface area (Å²) in [5.74, 6) is 1.46. The maximum atomic E-state index is 11.8. The van der Waals surface area contributed by atoms with Gasteiger partial charge in [-0.1, -0.05) is 43.3 Å². The molecule has 0 amide bonds. The molecule has 0 aromatic heterocycles. The predicted molar refractivity (Wildman–Crippen MR) is 128 cm³/mol. The van der Waals surface area contributed by atoms with Crippen molar-refractivity contribution in [1.82, 2.24) is 0 Å². The zero-order chi connectivity index (χ0) is 23.3. The molecule has 33 heavy (non-hydrogen) atoms. The van der Waals surface area contributed by atoms with Crippen molar-refractivity contribution in [3.05, 3.63) is 78.4 Å². The fraction of sp³-hybridized carbons (Fsp3) is 0.296. The number of carboxylic acid groups (broad SMARTS) is 1. The lowest BCUT2D eigenvalue weighted by atomic mass is 9.91. The second-order valence-corrected chi connectivity index (χ2v) is 7.94. The van der Waals surface area contributed by atoms with Crippen molar-refractivity contribution >= 4 is 17.3 Å². The quantitative estimate of drug-likeness (QED) is 0.422. The van der Waals surface area contributed by atoms with Crippen LogP contribution in [0.1, 0.15) is 25.8 Å². The van der Waals surface area contributed by atoms with E-state index in [1.807, 2.05) is 86.6 Å². The average Bonchev–Trinajstić information content (AvgIpc) is 2.84. The Morgan fingerprint density at radius 2 is 1.55 bits per heavy atom. The molecule has 6 heteroatoms. The Labute approximate surface area is 194 Å². The van der Waals surface area contributed by atoms with E-state index in [0.29, 0.717) is 32.6 Å². The Bertz CT molecular complexity index is 1050. The molecule has 1 atom stereocenters. The number of ether oxygens (including phenoxy) is 3. The molecule has 0 saturated carbocycles. The van der Waals surface area contributed by atoms with Crippen LogP contribution in [0.2, 0.25) is 0 Å². The molecule has 3 aromatic rings. The highest BCUT2D eigenvalue weighted by Crippen LogP contribution is 2.45. The van der Waals surface area contributed by atoms with Crippen molar-refractivity contribution in [3.8, 4) is 17.2 Å². The van der Waals surface area contributed by atoms with Gasteiger partial charge < -0.3 is 24.2 Å². The number of fused-ring (bicyclic) bond motifs is 2. The summed E-state index contributed by atoms with van der Waals surface area (Å²) >= 11 is 0. The van der Waals surface area contributed by atoms with E-state index in [-0.39, 0.29) is 0 Å².